The number of aryl methyl sites for hydroxylation is 1. The van der Waals surface area contributed by atoms with E-state index in [0.717, 1.165) is 68.4 Å². The third-order valence-corrected chi connectivity index (χ3v) is 7.43. The zero-order chi connectivity index (χ0) is 17.7. The average molecular weight is 357 g/mol. The number of carbonyl (C=O) groups is 1. The zero-order valence-electron chi connectivity index (χ0n) is 16.0. The van der Waals surface area contributed by atoms with Crippen LogP contribution in [0.4, 0.5) is 0 Å². The first-order chi connectivity index (χ1) is 12.6. The number of hydrogen-bond donors (Lipinski definition) is 0. The van der Waals surface area contributed by atoms with Crippen molar-refractivity contribution >= 4 is 5.91 Å². The van der Waals surface area contributed by atoms with Crippen LogP contribution in [0.1, 0.15) is 56.4 Å². The summed E-state index contributed by atoms with van der Waals surface area (Å²) < 4.78 is 5.19. The first kappa shape index (κ1) is 16.8. The van der Waals surface area contributed by atoms with Gasteiger partial charge in [-0.2, -0.15) is 0 Å². The summed E-state index contributed by atoms with van der Waals surface area (Å²) in [7, 11) is 0. The molecule has 4 bridgehead atoms. The Morgan fingerprint density at radius 3 is 2.42 bits per heavy atom. The maximum Gasteiger partial charge on any atom is 0.228 e. The Balaban J connectivity index is 1.24. The molecule has 1 aromatic rings. The third kappa shape index (κ3) is 2.98. The van der Waals surface area contributed by atoms with Crippen LogP contribution in [0.2, 0.25) is 0 Å². The Morgan fingerprint density at radius 2 is 1.81 bits per heavy atom. The fourth-order valence-corrected chi connectivity index (χ4v) is 6.76. The molecule has 0 radical (unpaired) electrons. The molecule has 0 aromatic carbocycles. The third-order valence-electron chi connectivity index (χ3n) is 7.43. The van der Waals surface area contributed by atoms with E-state index in [0.29, 0.717) is 5.91 Å². The van der Waals surface area contributed by atoms with Crippen molar-refractivity contribution in [2.45, 2.75) is 58.4 Å². The second-order valence-electron chi connectivity index (χ2n) is 9.55. The number of carbonyl (C=O) groups excluding carboxylic acids is 1. The highest BCUT2D eigenvalue weighted by atomic mass is 16.5. The summed E-state index contributed by atoms with van der Waals surface area (Å²) in [5.41, 5.74) is 1.01. The van der Waals surface area contributed by atoms with E-state index in [1.54, 1.807) is 0 Å². The van der Waals surface area contributed by atoms with E-state index in [-0.39, 0.29) is 5.41 Å². The molecule has 5 nitrogen and oxygen atoms in total. The van der Waals surface area contributed by atoms with Gasteiger partial charge in [0.15, 0.2) is 0 Å². The van der Waals surface area contributed by atoms with Crippen LogP contribution < -0.4 is 0 Å². The van der Waals surface area contributed by atoms with Gasteiger partial charge in [-0.25, -0.2) is 0 Å². The first-order valence-electron chi connectivity index (χ1n) is 10.5. The molecule has 1 aliphatic heterocycles. The van der Waals surface area contributed by atoms with Crippen LogP contribution in [0.15, 0.2) is 10.6 Å². The highest BCUT2D eigenvalue weighted by Crippen LogP contribution is 2.60. The van der Waals surface area contributed by atoms with Gasteiger partial charge in [-0.05, 0) is 69.6 Å². The SMILES string of the molecule is Cc1cc(CN2CCCN(C(=O)C34CC5CC(CC(C5)C3)C4)CC2)no1. The van der Waals surface area contributed by atoms with Crippen molar-refractivity contribution in [3.8, 4) is 0 Å². The highest BCUT2D eigenvalue weighted by Gasteiger charge is 2.55. The monoisotopic (exact) mass is 357 g/mol. The summed E-state index contributed by atoms with van der Waals surface area (Å²) in [4.78, 5) is 18.2. The second kappa shape index (κ2) is 6.36. The first-order valence-corrected chi connectivity index (χ1v) is 10.5. The molecule has 0 unspecified atom stereocenters. The van der Waals surface area contributed by atoms with E-state index in [1.807, 2.05) is 13.0 Å². The minimum Gasteiger partial charge on any atom is -0.361 e. The van der Waals surface area contributed by atoms with Gasteiger partial charge < -0.3 is 9.42 Å². The van der Waals surface area contributed by atoms with Crippen LogP contribution in [0.3, 0.4) is 0 Å². The van der Waals surface area contributed by atoms with Crippen molar-refractivity contribution in [3.63, 3.8) is 0 Å². The average Bonchev–Trinajstić information content (AvgIpc) is 2.86. The van der Waals surface area contributed by atoms with E-state index in [1.165, 1.54) is 38.5 Å². The summed E-state index contributed by atoms with van der Waals surface area (Å²) in [6, 6.07) is 2.02. The lowest BCUT2D eigenvalue weighted by Crippen LogP contribution is -2.55. The number of rotatable bonds is 3. The molecule has 4 aliphatic carbocycles. The second-order valence-corrected chi connectivity index (χ2v) is 9.55. The van der Waals surface area contributed by atoms with Crippen molar-refractivity contribution in [2.24, 2.45) is 23.2 Å². The Bertz CT molecular complexity index is 647. The molecule has 5 aliphatic rings. The van der Waals surface area contributed by atoms with Gasteiger partial charge in [0.1, 0.15) is 5.76 Å². The lowest BCUT2D eigenvalue weighted by atomic mass is 9.49. The van der Waals surface area contributed by atoms with Gasteiger partial charge in [0.25, 0.3) is 0 Å². The smallest absolute Gasteiger partial charge is 0.228 e. The summed E-state index contributed by atoms with van der Waals surface area (Å²) in [5.74, 6) is 3.88. The van der Waals surface area contributed by atoms with Gasteiger partial charge in [-0.3, -0.25) is 9.69 Å². The predicted octanol–water partition coefficient (Wildman–Crippen LogP) is 3.23. The van der Waals surface area contributed by atoms with Gasteiger partial charge in [-0.15, -0.1) is 0 Å². The molecule has 142 valence electrons. The maximum absolute atomic E-state index is 13.6. The van der Waals surface area contributed by atoms with Gasteiger partial charge in [0, 0.05) is 38.8 Å². The van der Waals surface area contributed by atoms with E-state index in [2.05, 4.69) is 15.0 Å². The summed E-state index contributed by atoms with van der Waals surface area (Å²) >= 11 is 0. The molecular weight excluding hydrogens is 326 g/mol. The van der Waals surface area contributed by atoms with Gasteiger partial charge >= 0.3 is 0 Å². The van der Waals surface area contributed by atoms with Crippen LogP contribution in [-0.4, -0.2) is 47.0 Å². The van der Waals surface area contributed by atoms with Gasteiger partial charge in [0.05, 0.1) is 11.1 Å². The van der Waals surface area contributed by atoms with Crippen LogP contribution >= 0.6 is 0 Å². The zero-order valence-corrected chi connectivity index (χ0v) is 16.0. The van der Waals surface area contributed by atoms with Crippen molar-refractivity contribution < 1.29 is 9.32 Å². The van der Waals surface area contributed by atoms with Crippen molar-refractivity contribution in [2.75, 3.05) is 26.2 Å². The van der Waals surface area contributed by atoms with Crippen molar-refractivity contribution in [1.82, 2.24) is 15.0 Å². The molecule has 0 N–H and O–H groups in total. The summed E-state index contributed by atoms with van der Waals surface area (Å²) in [5, 5.41) is 4.12. The predicted molar refractivity (Wildman–Crippen MR) is 98.3 cm³/mol. The molecular formula is C21H31N3O2. The lowest BCUT2D eigenvalue weighted by Gasteiger charge is -2.56. The Morgan fingerprint density at radius 1 is 1.12 bits per heavy atom. The van der Waals surface area contributed by atoms with E-state index < -0.39 is 0 Å². The Kier molecular flexibility index (Phi) is 4.11. The molecule has 2 heterocycles. The fourth-order valence-electron chi connectivity index (χ4n) is 6.76. The molecule has 1 aromatic heterocycles. The standard InChI is InChI=1S/C21H31N3O2/c1-15-7-19(22-26-15)14-23-3-2-4-24(6-5-23)20(25)21-11-16-8-17(12-21)10-18(9-16)13-21/h7,16-18H,2-6,8-14H2,1H3. The number of hydrogen-bond acceptors (Lipinski definition) is 4. The van der Waals surface area contributed by atoms with Crippen LogP contribution in [0.25, 0.3) is 0 Å². The highest BCUT2D eigenvalue weighted by molar-refractivity contribution is 5.83. The fraction of sp³-hybridized carbons (Fsp3) is 0.810. The van der Waals surface area contributed by atoms with Gasteiger partial charge in [-0.1, -0.05) is 5.16 Å². The Hall–Kier alpha value is -1.36. The number of nitrogens with zero attached hydrogens (tertiary/aromatic N) is 3. The Labute approximate surface area is 156 Å². The quantitative estimate of drug-likeness (QED) is 0.833. The molecule has 0 spiro atoms. The van der Waals surface area contributed by atoms with E-state index >= 15 is 0 Å². The lowest BCUT2D eigenvalue weighted by molar-refractivity contribution is -0.157. The van der Waals surface area contributed by atoms with Crippen LogP contribution in [0.5, 0.6) is 0 Å². The molecule has 26 heavy (non-hydrogen) atoms. The topological polar surface area (TPSA) is 49.6 Å². The molecule has 5 heteroatoms. The maximum atomic E-state index is 13.6. The minimum absolute atomic E-state index is 0.00709. The molecule has 1 saturated heterocycles. The van der Waals surface area contributed by atoms with Crippen molar-refractivity contribution in [1.29, 1.82) is 0 Å². The summed E-state index contributed by atoms with van der Waals surface area (Å²) in [6.07, 6.45) is 8.80. The largest absolute Gasteiger partial charge is 0.361 e. The van der Waals surface area contributed by atoms with E-state index in [9.17, 15) is 4.79 Å². The normalized spacial score (nSPS) is 37.1. The number of aromatic nitrogens is 1. The molecule has 4 saturated carbocycles. The van der Waals surface area contributed by atoms with Crippen LogP contribution in [0, 0.1) is 30.1 Å². The molecule has 1 amide bonds. The minimum atomic E-state index is 0.00709. The number of amides is 1. The van der Waals surface area contributed by atoms with Crippen LogP contribution in [-0.2, 0) is 11.3 Å². The van der Waals surface area contributed by atoms with Crippen molar-refractivity contribution in [3.05, 3.63) is 17.5 Å². The van der Waals surface area contributed by atoms with Gasteiger partial charge in [0.2, 0.25) is 5.91 Å². The summed E-state index contributed by atoms with van der Waals surface area (Å²) in [6.45, 7) is 6.55. The van der Waals surface area contributed by atoms with E-state index in [4.69, 9.17) is 4.52 Å². The molecule has 5 fully saturated rings. The molecule has 6 rings (SSSR count). The molecule has 0 atom stereocenters.